The van der Waals surface area contributed by atoms with Crippen LogP contribution in [-0.2, 0) is 9.47 Å². The minimum atomic E-state index is -1.04. The van der Waals surface area contributed by atoms with E-state index < -0.39 is 11.6 Å². The van der Waals surface area contributed by atoms with E-state index in [1.165, 1.54) is 18.4 Å². The maximum absolute atomic E-state index is 12.0. The van der Waals surface area contributed by atoms with Crippen LogP contribution in [-0.4, -0.2) is 34.5 Å². The van der Waals surface area contributed by atoms with Gasteiger partial charge in [0.05, 0.1) is 12.7 Å². The first-order chi connectivity index (χ1) is 14.6. The SMILES string of the molecule is C[C@@H]1CC[C@@]2(OC1)O[C@@]1(O)C[C@H]3[C@@H]4CC=C5C[C@@H](O)CC[C@]5(C)[C@H]4CC[C@]3(C)[C@H]1[C@@H]2C. The van der Waals surface area contributed by atoms with Gasteiger partial charge in [0, 0.05) is 24.7 Å². The Morgan fingerprint density at radius 2 is 1.84 bits per heavy atom. The summed E-state index contributed by atoms with van der Waals surface area (Å²) in [5, 5.41) is 22.2. The first-order valence-electron chi connectivity index (χ1n) is 13.1. The Balaban J connectivity index is 1.32. The number of allylic oxidation sites excluding steroid dienone is 1. The van der Waals surface area contributed by atoms with Crippen LogP contribution in [0.2, 0.25) is 0 Å². The molecule has 11 atom stereocenters. The van der Waals surface area contributed by atoms with Crippen LogP contribution in [0.4, 0.5) is 0 Å². The zero-order valence-corrected chi connectivity index (χ0v) is 19.9. The average Bonchev–Trinajstić information content (AvgIpc) is 3.09. The average molecular weight is 431 g/mol. The number of aliphatic hydroxyl groups is 2. The van der Waals surface area contributed by atoms with Gasteiger partial charge in [-0.1, -0.05) is 39.3 Å². The Hall–Kier alpha value is -0.420. The van der Waals surface area contributed by atoms with Gasteiger partial charge in [-0.3, -0.25) is 0 Å². The van der Waals surface area contributed by atoms with Crippen molar-refractivity contribution in [2.45, 2.75) is 103 Å². The molecule has 2 N–H and O–H groups in total. The third-order valence-corrected chi connectivity index (χ3v) is 11.4. The number of ether oxygens (including phenoxy) is 2. The number of fused-ring (bicyclic) bond motifs is 7. The third kappa shape index (κ3) is 2.68. The lowest BCUT2D eigenvalue weighted by molar-refractivity contribution is -0.331. The molecule has 0 radical (unpaired) electrons. The fraction of sp³-hybridized carbons (Fsp3) is 0.926. The fourth-order valence-electron chi connectivity index (χ4n) is 9.76. The van der Waals surface area contributed by atoms with Crippen LogP contribution < -0.4 is 0 Å². The normalized spacial score (nSPS) is 60.7. The van der Waals surface area contributed by atoms with Crippen molar-refractivity contribution in [1.29, 1.82) is 0 Å². The van der Waals surface area contributed by atoms with Crippen LogP contribution in [0.1, 0.15) is 85.5 Å². The summed E-state index contributed by atoms with van der Waals surface area (Å²) < 4.78 is 13.0. The molecule has 6 rings (SSSR count). The second-order valence-electron chi connectivity index (χ2n) is 12.9. The minimum Gasteiger partial charge on any atom is -0.393 e. The lowest BCUT2D eigenvalue weighted by Gasteiger charge is -2.58. The lowest BCUT2D eigenvalue weighted by Crippen LogP contribution is -2.52. The Morgan fingerprint density at radius 3 is 2.58 bits per heavy atom. The highest BCUT2D eigenvalue weighted by molar-refractivity contribution is 5.26. The number of rotatable bonds is 0. The topological polar surface area (TPSA) is 58.9 Å². The van der Waals surface area contributed by atoms with Gasteiger partial charge in [0.1, 0.15) is 0 Å². The molecule has 2 saturated heterocycles. The van der Waals surface area contributed by atoms with Crippen LogP contribution in [0.15, 0.2) is 11.6 Å². The van der Waals surface area contributed by atoms with E-state index in [1.807, 2.05) is 0 Å². The van der Waals surface area contributed by atoms with Crippen molar-refractivity contribution in [2.24, 2.45) is 46.3 Å². The van der Waals surface area contributed by atoms with Crippen molar-refractivity contribution < 1.29 is 19.7 Å². The van der Waals surface area contributed by atoms with E-state index in [9.17, 15) is 10.2 Å². The third-order valence-electron chi connectivity index (χ3n) is 11.4. The Morgan fingerprint density at radius 1 is 1.03 bits per heavy atom. The second-order valence-corrected chi connectivity index (χ2v) is 12.9. The van der Waals surface area contributed by atoms with Crippen molar-refractivity contribution in [2.75, 3.05) is 6.61 Å². The molecule has 0 amide bonds. The molecule has 0 bridgehead atoms. The summed E-state index contributed by atoms with van der Waals surface area (Å²) in [4.78, 5) is 0. The van der Waals surface area contributed by atoms with E-state index in [0.29, 0.717) is 23.7 Å². The number of aliphatic hydroxyl groups excluding tert-OH is 1. The van der Waals surface area contributed by atoms with Gasteiger partial charge in [-0.2, -0.15) is 0 Å². The lowest BCUT2D eigenvalue weighted by atomic mass is 9.47. The number of hydrogen-bond acceptors (Lipinski definition) is 4. The molecule has 174 valence electrons. The van der Waals surface area contributed by atoms with E-state index in [-0.39, 0.29) is 28.8 Å². The van der Waals surface area contributed by atoms with Gasteiger partial charge >= 0.3 is 0 Å². The van der Waals surface area contributed by atoms with E-state index in [4.69, 9.17) is 9.47 Å². The smallest absolute Gasteiger partial charge is 0.174 e. The number of hydrogen-bond donors (Lipinski definition) is 2. The molecule has 4 aliphatic carbocycles. The van der Waals surface area contributed by atoms with Gasteiger partial charge in [-0.25, -0.2) is 0 Å². The van der Waals surface area contributed by atoms with Crippen LogP contribution in [0.25, 0.3) is 0 Å². The largest absolute Gasteiger partial charge is 0.393 e. The van der Waals surface area contributed by atoms with Crippen molar-refractivity contribution in [3.05, 3.63) is 11.6 Å². The highest BCUT2D eigenvalue weighted by Crippen LogP contribution is 2.73. The summed E-state index contributed by atoms with van der Waals surface area (Å²) >= 11 is 0. The molecule has 2 heterocycles. The zero-order valence-electron chi connectivity index (χ0n) is 19.9. The summed E-state index contributed by atoms with van der Waals surface area (Å²) in [5.41, 5.74) is 1.86. The minimum absolute atomic E-state index is 0.112. The van der Waals surface area contributed by atoms with E-state index in [0.717, 1.165) is 51.6 Å². The van der Waals surface area contributed by atoms with Crippen LogP contribution >= 0.6 is 0 Å². The van der Waals surface area contributed by atoms with Crippen molar-refractivity contribution in [3.8, 4) is 0 Å². The zero-order chi connectivity index (χ0) is 21.8. The van der Waals surface area contributed by atoms with Crippen molar-refractivity contribution >= 4 is 0 Å². The van der Waals surface area contributed by atoms with Gasteiger partial charge in [0.25, 0.3) is 0 Å². The predicted molar refractivity (Wildman–Crippen MR) is 119 cm³/mol. The molecule has 3 saturated carbocycles. The van der Waals surface area contributed by atoms with Gasteiger partial charge in [-0.15, -0.1) is 0 Å². The van der Waals surface area contributed by atoms with Crippen LogP contribution in [0, 0.1) is 46.3 Å². The Kier molecular flexibility index (Phi) is 4.49. The Bertz CT molecular complexity index is 784. The predicted octanol–water partition coefficient (Wildman–Crippen LogP) is 5.03. The van der Waals surface area contributed by atoms with Crippen molar-refractivity contribution in [3.63, 3.8) is 0 Å². The highest BCUT2D eigenvalue weighted by atomic mass is 16.8. The molecule has 31 heavy (non-hydrogen) atoms. The van der Waals surface area contributed by atoms with E-state index in [1.54, 1.807) is 0 Å². The molecular formula is C27H42O4. The van der Waals surface area contributed by atoms with Crippen LogP contribution in [0.3, 0.4) is 0 Å². The first kappa shape index (κ1) is 21.1. The molecule has 5 fully saturated rings. The molecule has 2 aliphatic heterocycles. The standard InChI is InChI=1S/C27H42O4/c1-16-7-12-27(30-15-16)17(2)23-25(4)11-9-21-20(22(25)14-26(23,29)31-27)6-5-18-13-19(28)8-10-24(18,21)3/h5,16-17,19-23,28-29H,6-15H2,1-4H3/t16-,17+,19+,20-,21+,22+,23-,24+,25+,26+,27-/m1/s1. The van der Waals surface area contributed by atoms with E-state index in [2.05, 4.69) is 33.8 Å². The van der Waals surface area contributed by atoms with Crippen LogP contribution in [0.5, 0.6) is 0 Å². The molecule has 0 aromatic heterocycles. The summed E-state index contributed by atoms with van der Waals surface area (Å²) in [5.74, 6) is 1.15. The summed E-state index contributed by atoms with van der Waals surface area (Å²) in [6.07, 6.45) is 11.6. The molecular weight excluding hydrogens is 388 g/mol. The summed E-state index contributed by atoms with van der Waals surface area (Å²) in [6.45, 7) is 10.2. The first-order valence-corrected chi connectivity index (χ1v) is 13.1. The van der Waals surface area contributed by atoms with Gasteiger partial charge < -0.3 is 19.7 Å². The fourth-order valence-corrected chi connectivity index (χ4v) is 9.76. The summed E-state index contributed by atoms with van der Waals surface area (Å²) in [6, 6.07) is 0. The molecule has 1 spiro atoms. The van der Waals surface area contributed by atoms with Gasteiger partial charge in [0.15, 0.2) is 11.6 Å². The maximum Gasteiger partial charge on any atom is 0.174 e. The van der Waals surface area contributed by atoms with Crippen molar-refractivity contribution in [1.82, 2.24) is 0 Å². The molecule has 6 aliphatic rings. The van der Waals surface area contributed by atoms with E-state index >= 15 is 0 Å². The Labute approximate surface area is 187 Å². The van der Waals surface area contributed by atoms with Gasteiger partial charge in [0.2, 0.25) is 0 Å². The molecule has 0 unspecified atom stereocenters. The second kappa shape index (κ2) is 6.58. The molecule has 0 aromatic rings. The summed E-state index contributed by atoms with van der Waals surface area (Å²) in [7, 11) is 0. The monoisotopic (exact) mass is 430 g/mol. The molecule has 4 heteroatoms. The molecule has 4 nitrogen and oxygen atoms in total. The molecule has 0 aromatic carbocycles. The quantitative estimate of drug-likeness (QED) is 0.529. The maximum atomic E-state index is 12.0. The highest BCUT2D eigenvalue weighted by Gasteiger charge is 2.74. The van der Waals surface area contributed by atoms with Gasteiger partial charge in [-0.05, 0) is 79.4 Å².